The molecule has 0 aliphatic carbocycles. The van der Waals surface area contributed by atoms with E-state index in [1.165, 1.54) is 12.1 Å². The Kier molecular flexibility index (Phi) is 6.16. The van der Waals surface area contributed by atoms with E-state index < -0.39 is 21.7 Å². The predicted molar refractivity (Wildman–Crippen MR) is 94.8 cm³/mol. The quantitative estimate of drug-likeness (QED) is 0.752. The van der Waals surface area contributed by atoms with Gasteiger partial charge in [0.15, 0.2) is 0 Å². The second-order valence-electron chi connectivity index (χ2n) is 5.55. The van der Waals surface area contributed by atoms with Crippen LogP contribution in [0, 0.1) is 19.7 Å². The van der Waals surface area contributed by atoms with Gasteiger partial charge in [0.05, 0.1) is 10.5 Å². The highest BCUT2D eigenvalue weighted by Crippen LogP contribution is 2.16. The van der Waals surface area contributed by atoms with E-state index >= 15 is 0 Å². The minimum absolute atomic E-state index is 0.00881. The van der Waals surface area contributed by atoms with E-state index in [4.69, 9.17) is 11.6 Å². The van der Waals surface area contributed by atoms with E-state index in [1.807, 2.05) is 6.07 Å². The fraction of sp³-hybridized carbons (Fsp3) is 0.235. The van der Waals surface area contributed by atoms with Crippen molar-refractivity contribution in [1.29, 1.82) is 0 Å². The van der Waals surface area contributed by atoms with E-state index in [2.05, 4.69) is 10.0 Å². The number of halogens is 2. The summed E-state index contributed by atoms with van der Waals surface area (Å²) >= 11 is 5.74. The molecule has 1 amide bonds. The van der Waals surface area contributed by atoms with Gasteiger partial charge in [0.25, 0.3) is 5.91 Å². The van der Waals surface area contributed by atoms with Gasteiger partial charge in [-0.3, -0.25) is 4.79 Å². The Morgan fingerprint density at radius 2 is 1.84 bits per heavy atom. The molecule has 134 valence electrons. The molecule has 0 saturated carbocycles. The first-order valence-corrected chi connectivity index (χ1v) is 9.37. The Morgan fingerprint density at radius 1 is 1.12 bits per heavy atom. The van der Waals surface area contributed by atoms with Crippen molar-refractivity contribution in [2.75, 3.05) is 13.1 Å². The lowest BCUT2D eigenvalue weighted by molar-refractivity contribution is 0.0950. The Balaban J connectivity index is 1.95. The molecule has 5 nitrogen and oxygen atoms in total. The molecule has 0 unspecified atom stereocenters. The summed E-state index contributed by atoms with van der Waals surface area (Å²) in [6, 6.07) is 8.79. The lowest BCUT2D eigenvalue weighted by Gasteiger charge is -2.11. The van der Waals surface area contributed by atoms with Crippen LogP contribution in [0.25, 0.3) is 0 Å². The van der Waals surface area contributed by atoms with Gasteiger partial charge in [-0.2, -0.15) is 0 Å². The maximum Gasteiger partial charge on any atom is 0.254 e. The number of hydrogen-bond donors (Lipinski definition) is 2. The lowest BCUT2D eigenvalue weighted by atomic mass is 10.2. The highest BCUT2D eigenvalue weighted by molar-refractivity contribution is 7.89. The summed E-state index contributed by atoms with van der Waals surface area (Å²) in [4.78, 5) is 12.1. The third kappa shape index (κ3) is 5.01. The van der Waals surface area contributed by atoms with Crippen LogP contribution in [-0.4, -0.2) is 27.4 Å². The summed E-state index contributed by atoms with van der Waals surface area (Å²) in [5.41, 5.74) is 1.27. The molecule has 0 fully saturated rings. The number of rotatable bonds is 6. The number of carbonyl (C=O) groups is 1. The first-order chi connectivity index (χ1) is 11.7. The summed E-state index contributed by atoms with van der Waals surface area (Å²) in [5.74, 6) is -1.36. The second kappa shape index (κ2) is 7.95. The number of hydrogen-bond acceptors (Lipinski definition) is 3. The summed E-state index contributed by atoms with van der Waals surface area (Å²) in [5, 5.41) is 2.69. The van der Waals surface area contributed by atoms with Crippen LogP contribution < -0.4 is 10.0 Å². The second-order valence-corrected chi connectivity index (χ2v) is 7.72. The molecule has 2 rings (SSSR count). The standard InChI is InChI=1S/C17H18ClFN2O3S/c1-11-3-4-12(2)16(9-11)25(23,24)21-8-7-20-17(22)14-10-13(18)5-6-15(14)19/h3-6,9-10,21H,7-8H2,1-2H3,(H,20,22). The topological polar surface area (TPSA) is 75.3 Å². The van der Waals surface area contributed by atoms with Crippen LogP contribution in [0.4, 0.5) is 4.39 Å². The molecule has 0 aromatic heterocycles. The van der Waals surface area contributed by atoms with Gasteiger partial charge < -0.3 is 5.32 Å². The molecule has 2 aromatic carbocycles. The van der Waals surface area contributed by atoms with Crippen LogP contribution in [0.15, 0.2) is 41.3 Å². The molecule has 0 aliphatic rings. The third-order valence-corrected chi connectivity index (χ3v) is 5.35. The number of carbonyl (C=O) groups excluding carboxylic acids is 1. The Morgan fingerprint density at radius 3 is 2.56 bits per heavy atom. The summed E-state index contributed by atoms with van der Waals surface area (Å²) in [6.45, 7) is 3.49. The smallest absolute Gasteiger partial charge is 0.254 e. The minimum Gasteiger partial charge on any atom is -0.351 e. The van der Waals surface area contributed by atoms with Crippen molar-refractivity contribution in [1.82, 2.24) is 10.0 Å². The zero-order chi connectivity index (χ0) is 18.6. The molecule has 0 spiro atoms. The van der Waals surface area contributed by atoms with Crippen molar-refractivity contribution in [3.63, 3.8) is 0 Å². The normalized spacial score (nSPS) is 11.4. The average Bonchev–Trinajstić information content (AvgIpc) is 2.55. The van der Waals surface area contributed by atoms with Crippen LogP contribution in [0.2, 0.25) is 5.02 Å². The van der Waals surface area contributed by atoms with Crippen LogP contribution in [0.5, 0.6) is 0 Å². The monoisotopic (exact) mass is 384 g/mol. The Labute approximate surface area is 151 Å². The number of amides is 1. The van der Waals surface area contributed by atoms with Gasteiger partial charge in [-0.1, -0.05) is 23.7 Å². The minimum atomic E-state index is -3.69. The summed E-state index contributed by atoms with van der Waals surface area (Å²) in [7, 11) is -3.69. The van der Waals surface area contributed by atoms with Crippen molar-refractivity contribution in [2.45, 2.75) is 18.7 Å². The van der Waals surface area contributed by atoms with Crippen molar-refractivity contribution in [2.24, 2.45) is 0 Å². The van der Waals surface area contributed by atoms with Crippen molar-refractivity contribution >= 4 is 27.5 Å². The van der Waals surface area contributed by atoms with E-state index in [-0.39, 0.29) is 28.6 Å². The van der Waals surface area contributed by atoms with Gasteiger partial charge in [0.2, 0.25) is 10.0 Å². The first-order valence-electron chi connectivity index (χ1n) is 7.51. The van der Waals surface area contributed by atoms with Crippen LogP contribution in [0.3, 0.4) is 0 Å². The summed E-state index contributed by atoms with van der Waals surface area (Å²) in [6.07, 6.45) is 0. The van der Waals surface area contributed by atoms with Crippen molar-refractivity contribution < 1.29 is 17.6 Å². The first kappa shape index (κ1) is 19.4. The van der Waals surface area contributed by atoms with Gasteiger partial charge in [-0.25, -0.2) is 17.5 Å². The number of nitrogens with one attached hydrogen (secondary N) is 2. The molecule has 0 aliphatic heterocycles. The zero-order valence-corrected chi connectivity index (χ0v) is 15.3. The van der Waals surface area contributed by atoms with Crippen LogP contribution in [0.1, 0.15) is 21.5 Å². The molecule has 0 atom stereocenters. The van der Waals surface area contributed by atoms with Gasteiger partial charge in [0, 0.05) is 18.1 Å². The van der Waals surface area contributed by atoms with Crippen molar-refractivity contribution in [3.8, 4) is 0 Å². The molecular formula is C17H18ClFN2O3S. The molecule has 2 aromatic rings. The molecule has 25 heavy (non-hydrogen) atoms. The fourth-order valence-corrected chi connectivity index (χ4v) is 3.73. The molecule has 0 heterocycles. The summed E-state index contributed by atoms with van der Waals surface area (Å²) < 4.78 is 40.6. The maximum absolute atomic E-state index is 13.6. The molecular weight excluding hydrogens is 367 g/mol. The zero-order valence-electron chi connectivity index (χ0n) is 13.8. The van der Waals surface area contributed by atoms with Crippen LogP contribution in [-0.2, 0) is 10.0 Å². The van der Waals surface area contributed by atoms with Gasteiger partial charge in [-0.15, -0.1) is 0 Å². The lowest BCUT2D eigenvalue weighted by Crippen LogP contribution is -2.35. The Bertz CT molecular complexity index is 901. The molecule has 0 saturated heterocycles. The maximum atomic E-state index is 13.6. The van der Waals surface area contributed by atoms with Crippen molar-refractivity contribution in [3.05, 3.63) is 63.9 Å². The largest absolute Gasteiger partial charge is 0.351 e. The van der Waals surface area contributed by atoms with Gasteiger partial charge in [-0.05, 0) is 49.2 Å². The molecule has 8 heteroatoms. The molecule has 0 radical (unpaired) electrons. The average molecular weight is 385 g/mol. The van der Waals surface area contributed by atoms with E-state index in [0.29, 0.717) is 5.56 Å². The van der Waals surface area contributed by atoms with E-state index in [1.54, 1.807) is 26.0 Å². The molecule has 0 bridgehead atoms. The number of benzene rings is 2. The SMILES string of the molecule is Cc1ccc(C)c(S(=O)(=O)NCCNC(=O)c2cc(Cl)ccc2F)c1. The molecule has 2 N–H and O–H groups in total. The number of aryl methyl sites for hydroxylation is 2. The van der Waals surface area contributed by atoms with Gasteiger partial charge in [0.1, 0.15) is 5.82 Å². The highest BCUT2D eigenvalue weighted by atomic mass is 35.5. The fourth-order valence-electron chi connectivity index (χ4n) is 2.20. The predicted octanol–water partition coefficient (Wildman–Crippen LogP) is 2.80. The van der Waals surface area contributed by atoms with Crippen LogP contribution >= 0.6 is 11.6 Å². The highest BCUT2D eigenvalue weighted by Gasteiger charge is 2.17. The third-order valence-electron chi connectivity index (χ3n) is 3.51. The van der Waals surface area contributed by atoms with E-state index in [0.717, 1.165) is 11.6 Å². The number of sulfonamides is 1. The Hall–Kier alpha value is -1.96. The van der Waals surface area contributed by atoms with Gasteiger partial charge >= 0.3 is 0 Å². The van der Waals surface area contributed by atoms with E-state index in [9.17, 15) is 17.6 Å².